The fourth-order valence-corrected chi connectivity index (χ4v) is 4.61. The molecule has 9 heteroatoms. The van der Waals surface area contributed by atoms with Crippen molar-refractivity contribution in [3.8, 4) is 5.75 Å². The molecular weight excluding hydrogens is 617 g/mol. The van der Waals surface area contributed by atoms with Crippen LogP contribution in [0, 0.1) is 0 Å². The summed E-state index contributed by atoms with van der Waals surface area (Å²) < 4.78 is 9.05. The SMILES string of the molecule is CC(C)(C)c1nc2ccc(Br)cc2c(=O)n1N=Cc1cc(Br)ccc1OCc1ccc(Cl)cc1Cl. The summed E-state index contributed by atoms with van der Waals surface area (Å²) >= 11 is 19.2. The van der Waals surface area contributed by atoms with Crippen LogP contribution < -0.4 is 10.3 Å². The molecule has 35 heavy (non-hydrogen) atoms. The van der Waals surface area contributed by atoms with Gasteiger partial charge in [0.05, 0.1) is 17.1 Å². The van der Waals surface area contributed by atoms with Crippen LogP contribution in [-0.2, 0) is 12.0 Å². The van der Waals surface area contributed by atoms with Crippen molar-refractivity contribution in [3.63, 3.8) is 0 Å². The normalized spacial score (nSPS) is 12.0. The lowest BCUT2D eigenvalue weighted by molar-refractivity contribution is 0.306. The van der Waals surface area contributed by atoms with Crippen molar-refractivity contribution in [2.75, 3.05) is 0 Å². The minimum Gasteiger partial charge on any atom is -0.488 e. The zero-order chi connectivity index (χ0) is 25.3. The molecule has 5 nitrogen and oxygen atoms in total. The number of hydrogen-bond donors (Lipinski definition) is 0. The Balaban J connectivity index is 1.75. The topological polar surface area (TPSA) is 56.5 Å². The van der Waals surface area contributed by atoms with Gasteiger partial charge in [-0.1, -0.05) is 81.9 Å². The average Bonchev–Trinajstić information content (AvgIpc) is 2.78. The number of benzene rings is 3. The highest BCUT2D eigenvalue weighted by Crippen LogP contribution is 2.27. The van der Waals surface area contributed by atoms with Gasteiger partial charge in [-0.05, 0) is 48.5 Å². The number of hydrogen-bond acceptors (Lipinski definition) is 4. The Morgan fingerprint density at radius 2 is 1.74 bits per heavy atom. The molecule has 1 heterocycles. The number of rotatable bonds is 5. The second-order valence-electron chi connectivity index (χ2n) is 8.91. The number of halogens is 4. The molecule has 3 aromatic carbocycles. The molecule has 0 aliphatic heterocycles. The molecule has 0 N–H and O–H groups in total. The standard InChI is InChI=1S/C26H21Br2Cl2N3O2/c1-26(2,3)25-32-22-8-5-18(28)11-20(22)24(34)33(25)31-13-16-10-17(27)6-9-23(16)35-14-15-4-7-19(29)12-21(15)30/h4-13H,14H2,1-3H3. The first kappa shape index (κ1) is 25.9. The lowest BCUT2D eigenvalue weighted by Crippen LogP contribution is -2.29. The van der Waals surface area contributed by atoms with Crippen LogP contribution >= 0.6 is 55.1 Å². The van der Waals surface area contributed by atoms with Gasteiger partial charge in [0, 0.05) is 35.5 Å². The second kappa shape index (κ2) is 10.4. The quantitative estimate of drug-likeness (QED) is 0.209. The lowest BCUT2D eigenvalue weighted by atomic mass is 9.95. The van der Waals surface area contributed by atoms with Gasteiger partial charge >= 0.3 is 0 Å². The third-order valence-electron chi connectivity index (χ3n) is 5.16. The van der Waals surface area contributed by atoms with Crippen LogP contribution in [0.3, 0.4) is 0 Å². The van der Waals surface area contributed by atoms with Crippen molar-refractivity contribution in [3.05, 3.63) is 101 Å². The molecule has 0 aliphatic rings. The van der Waals surface area contributed by atoms with Gasteiger partial charge in [0.25, 0.3) is 5.56 Å². The molecular formula is C26H21Br2Cl2N3O2. The zero-order valence-corrected chi connectivity index (χ0v) is 23.8. The molecule has 0 amide bonds. The van der Waals surface area contributed by atoms with Crippen molar-refractivity contribution >= 4 is 72.2 Å². The van der Waals surface area contributed by atoms with Crippen LogP contribution in [0.5, 0.6) is 5.75 Å². The summed E-state index contributed by atoms with van der Waals surface area (Å²) in [5.41, 5.74) is 1.45. The monoisotopic (exact) mass is 635 g/mol. The van der Waals surface area contributed by atoms with E-state index in [0.717, 1.165) is 14.5 Å². The Morgan fingerprint density at radius 1 is 1.03 bits per heavy atom. The van der Waals surface area contributed by atoms with E-state index in [-0.39, 0.29) is 12.2 Å². The molecule has 0 unspecified atom stereocenters. The first-order valence-corrected chi connectivity index (χ1v) is 13.0. The highest BCUT2D eigenvalue weighted by Gasteiger charge is 2.23. The van der Waals surface area contributed by atoms with Crippen LogP contribution in [-0.4, -0.2) is 15.9 Å². The van der Waals surface area contributed by atoms with E-state index in [4.69, 9.17) is 32.9 Å². The maximum Gasteiger partial charge on any atom is 0.282 e. The predicted molar refractivity (Wildman–Crippen MR) is 150 cm³/mol. The number of fused-ring (bicyclic) bond motifs is 1. The van der Waals surface area contributed by atoms with E-state index in [1.54, 1.807) is 24.4 Å². The first-order chi connectivity index (χ1) is 16.5. The largest absolute Gasteiger partial charge is 0.488 e. The maximum absolute atomic E-state index is 13.4. The summed E-state index contributed by atoms with van der Waals surface area (Å²) in [7, 11) is 0. The van der Waals surface area contributed by atoms with E-state index in [1.807, 2.05) is 57.2 Å². The van der Waals surface area contributed by atoms with Crippen LogP contribution in [0.4, 0.5) is 0 Å². The summed E-state index contributed by atoms with van der Waals surface area (Å²) in [6.07, 6.45) is 1.60. The molecule has 0 aliphatic carbocycles. The van der Waals surface area contributed by atoms with Crippen LogP contribution in [0.15, 0.2) is 73.4 Å². The van der Waals surface area contributed by atoms with Crippen molar-refractivity contribution in [1.29, 1.82) is 0 Å². The van der Waals surface area contributed by atoms with E-state index >= 15 is 0 Å². The average molecular weight is 638 g/mol. The van der Waals surface area contributed by atoms with Gasteiger partial charge in [0.15, 0.2) is 0 Å². The van der Waals surface area contributed by atoms with E-state index in [2.05, 4.69) is 37.0 Å². The Hall–Kier alpha value is -2.19. The summed E-state index contributed by atoms with van der Waals surface area (Å²) in [4.78, 5) is 18.2. The van der Waals surface area contributed by atoms with Crippen molar-refractivity contribution in [1.82, 2.24) is 9.66 Å². The van der Waals surface area contributed by atoms with Gasteiger partial charge < -0.3 is 4.74 Å². The molecule has 0 saturated carbocycles. The molecule has 1 aromatic heterocycles. The number of aromatic nitrogens is 2. The smallest absolute Gasteiger partial charge is 0.282 e. The second-order valence-corrected chi connectivity index (χ2v) is 11.6. The predicted octanol–water partition coefficient (Wildman–Crippen LogP) is 7.99. The van der Waals surface area contributed by atoms with E-state index in [9.17, 15) is 4.79 Å². The highest BCUT2D eigenvalue weighted by molar-refractivity contribution is 9.10. The third-order valence-corrected chi connectivity index (χ3v) is 6.74. The van der Waals surface area contributed by atoms with Gasteiger partial charge in [0.1, 0.15) is 18.2 Å². The molecule has 4 rings (SSSR count). The fraction of sp³-hybridized carbons (Fsp3) is 0.192. The fourth-order valence-electron chi connectivity index (χ4n) is 3.41. The summed E-state index contributed by atoms with van der Waals surface area (Å²) in [6, 6.07) is 16.3. The minimum atomic E-state index is -0.417. The molecule has 4 aromatic rings. The molecule has 0 spiro atoms. The van der Waals surface area contributed by atoms with Crippen molar-refractivity contribution < 1.29 is 4.74 Å². The van der Waals surface area contributed by atoms with Gasteiger partial charge in [-0.2, -0.15) is 9.78 Å². The maximum atomic E-state index is 13.4. The third kappa shape index (κ3) is 5.97. The molecule has 0 saturated heterocycles. The van der Waals surface area contributed by atoms with Crippen LogP contribution in [0.2, 0.25) is 10.0 Å². The van der Waals surface area contributed by atoms with Gasteiger partial charge in [-0.15, -0.1) is 0 Å². The van der Waals surface area contributed by atoms with Gasteiger partial charge in [-0.3, -0.25) is 4.79 Å². The zero-order valence-electron chi connectivity index (χ0n) is 19.2. The Kier molecular flexibility index (Phi) is 7.71. The Morgan fingerprint density at radius 3 is 2.46 bits per heavy atom. The summed E-state index contributed by atoms with van der Waals surface area (Å²) in [5, 5.41) is 6.13. The molecule has 0 atom stereocenters. The lowest BCUT2D eigenvalue weighted by Gasteiger charge is -2.21. The molecule has 180 valence electrons. The Bertz CT molecular complexity index is 1510. The molecule has 0 radical (unpaired) electrons. The minimum absolute atomic E-state index is 0.247. The van der Waals surface area contributed by atoms with Gasteiger partial charge in [-0.25, -0.2) is 4.98 Å². The van der Waals surface area contributed by atoms with E-state index < -0.39 is 5.41 Å². The highest BCUT2D eigenvalue weighted by atomic mass is 79.9. The van der Waals surface area contributed by atoms with Crippen molar-refractivity contribution in [2.45, 2.75) is 32.8 Å². The summed E-state index contributed by atoms with van der Waals surface area (Å²) in [6.45, 7) is 6.23. The summed E-state index contributed by atoms with van der Waals surface area (Å²) in [5.74, 6) is 1.14. The molecule has 0 bridgehead atoms. The number of ether oxygens (including phenoxy) is 1. The van der Waals surface area contributed by atoms with Crippen LogP contribution in [0.1, 0.15) is 37.7 Å². The first-order valence-electron chi connectivity index (χ1n) is 10.7. The van der Waals surface area contributed by atoms with E-state index in [1.165, 1.54) is 4.68 Å². The van der Waals surface area contributed by atoms with Crippen LogP contribution in [0.25, 0.3) is 10.9 Å². The van der Waals surface area contributed by atoms with E-state index in [0.29, 0.717) is 38.1 Å². The number of nitrogens with zero attached hydrogens (tertiary/aromatic N) is 3. The Labute approximate surface area is 230 Å². The molecule has 0 fully saturated rings. The van der Waals surface area contributed by atoms with Crippen molar-refractivity contribution in [2.24, 2.45) is 5.10 Å². The van der Waals surface area contributed by atoms with Gasteiger partial charge in [0.2, 0.25) is 0 Å².